The number of hydrogen-bond donors (Lipinski definition) is 3. The Morgan fingerprint density at radius 2 is 1.50 bits per heavy atom. The van der Waals surface area contributed by atoms with Gasteiger partial charge in [-0.3, -0.25) is 9.59 Å². The van der Waals surface area contributed by atoms with Gasteiger partial charge >= 0.3 is 0 Å². The number of carbonyl (C=O) groups is 2. The predicted molar refractivity (Wildman–Crippen MR) is 107 cm³/mol. The van der Waals surface area contributed by atoms with Crippen LogP contribution in [0.15, 0.2) is 36.4 Å². The van der Waals surface area contributed by atoms with E-state index in [9.17, 15) is 9.59 Å². The molecule has 5 nitrogen and oxygen atoms in total. The normalized spacial score (nSPS) is 11.7. The molecule has 1 unspecified atom stereocenters. The first-order valence-corrected chi connectivity index (χ1v) is 9.01. The van der Waals surface area contributed by atoms with Crippen LogP contribution >= 0.6 is 34.8 Å². The van der Waals surface area contributed by atoms with Gasteiger partial charge in [-0.25, -0.2) is 0 Å². The smallest absolute Gasteiger partial charge is 0.279 e. The number of nitrogens with one attached hydrogen (secondary N) is 3. The van der Waals surface area contributed by atoms with Crippen molar-refractivity contribution in [1.82, 2.24) is 0 Å². The van der Waals surface area contributed by atoms with Crippen LogP contribution in [0.2, 0.25) is 15.1 Å². The van der Waals surface area contributed by atoms with Gasteiger partial charge < -0.3 is 15.5 Å². The second kappa shape index (κ2) is 9.24. The lowest BCUT2D eigenvalue weighted by Gasteiger charge is -2.15. The summed E-state index contributed by atoms with van der Waals surface area (Å²) in [5.41, 5.74) is 1.91. The van der Waals surface area contributed by atoms with Gasteiger partial charge in [0, 0.05) is 0 Å². The van der Waals surface area contributed by atoms with Gasteiger partial charge in [0.15, 0.2) is 13.1 Å². The Kier molecular flexibility index (Phi) is 7.29. The number of halogens is 3. The fourth-order valence-electron chi connectivity index (χ4n) is 2.33. The molecule has 1 atom stereocenters. The maximum absolute atomic E-state index is 12.2. The van der Waals surface area contributed by atoms with Crippen LogP contribution in [0.1, 0.15) is 5.56 Å². The summed E-state index contributed by atoms with van der Waals surface area (Å²) in [5.74, 6) is -0.532. The summed E-state index contributed by atoms with van der Waals surface area (Å²) in [5, 5.41) is 6.60. The van der Waals surface area contributed by atoms with Gasteiger partial charge in [-0.05, 0) is 36.8 Å². The standard InChI is InChI=1S/C18H18Cl3N3O2/c1-11-6-7-15(14(21)8-11)22-16(25)9-24(2)10-17(26)23-18-12(19)4-3-5-13(18)20/h3-8H,9-10H2,1-2H3,(H,22,25)(H,23,26)/p+1. The Labute approximate surface area is 167 Å². The van der Waals surface area contributed by atoms with Crippen molar-refractivity contribution < 1.29 is 14.5 Å². The quantitative estimate of drug-likeness (QED) is 0.679. The highest BCUT2D eigenvalue weighted by Gasteiger charge is 2.17. The average molecular weight is 416 g/mol. The minimum atomic E-state index is -0.293. The molecular formula is C18H19Cl3N3O2+. The summed E-state index contributed by atoms with van der Waals surface area (Å²) in [6.07, 6.45) is 0. The van der Waals surface area contributed by atoms with Gasteiger partial charge in [-0.2, -0.15) is 0 Å². The zero-order chi connectivity index (χ0) is 19.3. The molecule has 2 aromatic rings. The van der Waals surface area contributed by atoms with E-state index < -0.39 is 0 Å². The SMILES string of the molecule is Cc1ccc(NC(=O)C[NH+](C)CC(=O)Nc2c(Cl)cccc2Cl)c(Cl)c1. The summed E-state index contributed by atoms with van der Waals surface area (Å²) in [4.78, 5) is 25.0. The first-order chi connectivity index (χ1) is 12.3. The van der Waals surface area contributed by atoms with Crippen molar-refractivity contribution in [2.75, 3.05) is 30.8 Å². The molecule has 0 aliphatic carbocycles. The molecule has 26 heavy (non-hydrogen) atoms. The Morgan fingerprint density at radius 1 is 0.923 bits per heavy atom. The molecule has 2 aromatic carbocycles. The summed E-state index contributed by atoms with van der Waals surface area (Å²) in [7, 11) is 1.74. The second-order valence-electron chi connectivity index (χ2n) is 5.99. The molecule has 3 N–H and O–H groups in total. The minimum Gasteiger partial charge on any atom is -0.322 e. The van der Waals surface area contributed by atoms with Crippen molar-refractivity contribution in [2.45, 2.75) is 6.92 Å². The number of hydrogen-bond acceptors (Lipinski definition) is 2. The van der Waals surface area contributed by atoms with E-state index in [1.165, 1.54) is 0 Å². The number of rotatable bonds is 6. The highest BCUT2D eigenvalue weighted by molar-refractivity contribution is 6.39. The molecule has 0 radical (unpaired) electrons. The lowest BCUT2D eigenvalue weighted by molar-refractivity contribution is -0.862. The molecule has 2 rings (SSSR count). The molecule has 0 saturated carbocycles. The highest BCUT2D eigenvalue weighted by atomic mass is 35.5. The van der Waals surface area contributed by atoms with Crippen molar-refractivity contribution in [3.63, 3.8) is 0 Å². The average Bonchev–Trinajstić information content (AvgIpc) is 2.53. The van der Waals surface area contributed by atoms with E-state index in [4.69, 9.17) is 34.8 Å². The summed E-state index contributed by atoms with van der Waals surface area (Å²) in [6, 6.07) is 10.3. The molecule has 0 saturated heterocycles. The number of benzene rings is 2. The Bertz CT molecular complexity index is 807. The molecular weight excluding hydrogens is 397 g/mol. The molecule has 0 fully saturated rings. The van der Waals surface area contributed by atoms with Crippen LogP contribution in [0.4, 0.5) is 11.4 Å². The Hall–Kier alpha value is -1.79. The van der Waals surface area contributed by atoms with Crippen molar-refractivity contribution in [2.24, 2.45) is 0 Å². The van der Waals surface area contributed by atoms with Gasteiger partial charge in [0.25, 0.3) is 11.8 Å². The first kappa shape index (κ1) is 20.5. The number of anilines is 2. The predicted octanol–water partition coefficient (Wildman–Crippen LogP) is 3.05. The van der Waals surface area contributed by atoms with Crippen LogP contribution in [0.5, 0.6) is 0 Å². The molecule has 0 aromatic heterocycles. The molecule has 0 aliphatic heterocycles. The van der Waals surface area contributed by atoms with Crippen molar-refractivity contribution in [1.29, 1.82) is 0 Å². The summed E-state index contributed by atoms with van der Waals surface area (Å²) >= 11 is 18.2. The second-order valence-corrected chi connectivity index (χ2v) is 7.21. The highest BCUT2D eigenvalue weighted by Crippen LogP contribution is 2.29. The van der Waals surface area contributed by atoms with E-state index in [0.29, 0.717) is 31.3 Å². The van der Waals surface area contributed by atoms with Crippen LogP contribution in [0.25, 0.3) is 0 Å². The van der Waals surface area contributed by atoms with Crippen LogP contribution in [0.3, 0.4) is 0 Å². The fourth-order valence-corrected chi connectivity index (χ4v) is 3.10. The van der Waals surface area contributed by atoms with Crippen LogP contribution in [-0.4, -0.2) is 32.0 Å². The monoisotopic (exact) mass is 414 g/mol. The van der Waals surface area contributed by atoms with Gasteiger partial charge in [0.2, 0.25) is 0 Å². The first-order valence-electron chi connectivity index (χ1n) is 7.87. The van der Waals surface area contributed by atoms with Gasteiger partial charge in [0.1, 0.15) is 0 Å². The van der Waals surface area contributed by atoms with E-state index in [1.807, 2.05) is 13.0 Å². The molecule has 0 spiro atoms. The number of carbonyl (C=O) groups excluding carboxylic acids is 2. The zero-order valence-corrected chi connectivity index (χ0v) is 16.6. The number of para-hydroxylation sites is 1. The molecule has 8 heteroatoms. The van der Waals surface area contributed by atoms with Crippen LogP contribution < -0.4 is 15.5 Å². The summed E-state index contributed by atoms with van der Waals surface area (Å²) in [6.45, 7) is 2.10. The van der Waals surface area contributed by atoms with E-state index >= 15 is 0 Å². The van der Waals surface area contributed by atoms with E-state index in [1.54, 1.807) is 37.4 Å². The maximum atomic E-state index is 12.2. The largest absolute Gasteiger partial charge is 0.322 e. The third kappa shape index (κ3) is 5.88. The van der Waals surface area contributed by atoms with Gasteiger partial charge in [0.05, 0.1) is 33.5 Å². The number of likely N-dealkylation sites (N-methyl/N-ethyl adjacent to an activating group) is 1. The van der Waals surface area contributed by atoms with Crippen molar-refractivity contribution >= 4 is 58.0 Å². The lowest BCUT2D eigenvalue weighted by atomic mass is 10.2. The number of quaternary nitrogens is 1. The van der Waals surface area contributed by atoms with Crippen molar-refractivity contribution in [3.05, 3.63) is 57.0 Å². The minimum absolute atomic E-state index is 0.0800. The zero-order valence-electron chi connectivity index (χ0n) is 14.3. The van der Waals surface area contributed by atoms with Crippen molar-refractivity contribution in [3.8, 4) is 0 Å². The van der Waals surface area contributed by atoms with E-state index in [0.717, 1.165) is 5.56 Å². The Balaban J connectivity index is 1.88. The third-order valence-corrected chi connectivity index (χ3v) is 4.49. The topological polar surface area (TPSA) is 62.6 Å². The molecule has 138 valence electrons. The van der Waals surface area contributed by atoms with Gasteiger partial charge in [-0.1, -0.05) is 46.9 Å². The van der Waals surface area contributed by atoms with E-state index in [2.05, 4.69) is 10.6 Å². The lowest BCUT2D eigenvalue weighted by Crippen LogP contribution is -3.11. The molecule has 0 bridgehead atoms. The third-order valence-electron chi connectivity index (χ3n) is 3.55. The molecule has 2 amide bonds. The van der Waals surface area contributed by atoms with E-state index in [-0.39, 0.29) is 24.9 Å². The number of aryl methyl sites for hydroxylation is 1. The van der Waals surface area contributed by atoms with Crippen LogP contribution in [-0.2, 0) is 9.59 Å². The summed E-state index contributed by atoms with van der Waals surface area (Å²) < 4.78 is 0. The fraction of sp³-hybridized carbons (Fsp3) is 0.222. The van der Waals surface area contributed by atoms with Gasteiger partial charge in [-0.15, -0.1) is 0 Å². The number of amides is 2. The van der Waals surface area contributed by atoms with Crippen LogP contribution in [0, 0.1) is 6.92 Å². The molecule has 0 aliphatic rings. The molecule has 0 heterocycles. The maximum Gasteiger partial charge on any atom is 0.279 e. The Morgan fingerprint density at radius 3 is 2.08 bits per heavy atom.